The van der Waals surface area contributed by atoms with Gasteiger partial charge in [-0.15, -0.1) is 0 Å². The number of urea groups is 1. The molecule has 0 saturated carbocycles. The molecule has 3 heterocycles. The third-order valence-corrected chi connectivity index (χ3v) is 7.06. The van der Waals surface area contributed by atoms with Gasteiger partial charge in [0.15, 0.2) is 0 Å². The van der Waals surface area contributed by atoms with E-state index in [0.717, 1.165) is 25.3 Å². The summed E-state index contributed by atoms with van der Waals surface area (Å²) in [6.07, 6.45) is 4.38. The normalized spacial score (nSPS) is 11.8. The van der Waals surface area contributed by atoms with Crippen molar-refractivity contribution in [3.63, 3.8) is 0 Å². The predicted octanol–water partition coefficient (Wildman–Crippen LogP) is 7.64. The number of alkyl halides is 3. The van der Waals surface area contributed by atoms with Gasteiger partial charge in [-0.25, -0.2) is 33.5 Å². The van der Waals surface area contributed by atoms with Crippen LogP contribution in [0.1, 0.15) is 21.5 Å². The van der Waals surface area contributed by atoms with Crippen molar-refractivity contribution in [1.29, 1.82) is 0 Å². The monoisotopic (exact) mass is 675 g/mol. The molecule has 0 atom stereocenters. The molecule has 2 aromatic heterocycles. The summed E-state index contributed by atoms with van der Waals surface area (Å²) < 4.78 is 72.5. The quantitative estimate of drug-likeness (QED) is 0.0867. The molecule has 0 unspecified atom stereocenters. The molecule has 0 saturated heterocycles. The highest BCUT2D eigenvalue weighted by molar-refractivity contribution is 6.03. The van der Waals surface area contributed by atoms with Crippen LogP contribution in [0.5, 0.6) is 5.75 Å². The van der Waals surface area contributed by atoms with Gasteiger partial charge in [0.25, 0.3) is 0 Å². The van der Waals surface area contributed by atoms with Crippen molar-refractivity contribution in [3.05, 3.63) is 125 Å². The van der Waals surface area contributed by atoms with Crippen LogP contribution < -0.4 is 15.0 Å². The van der Waals surface area contributed by atoms with Crippen LogP contribution in [0.3, 0.4) is 0 Å². The summed E-state index contributed by atoms with van der Waals surface area (Å²) in [6.45, 7) is 0.181. The number of ether oxygens (including phenoxy) is 1. The molecule has 5 aromatic rings. The number of rotatable bonds is 5. The Bertz CT molecular complexity index is 2060. The van der Waals surface area contributed by atoms with Crippen LogP contribution in [0, 0.1) is 11.6 Å². The summed E-state index contributed by atoms with van der Waals surface area (Å²) in [5, 5.41) is 5.47. The fourth-order valence-electron chi connectivity index (χ4n) is 4.91. The fraction of sp³-hybridized carbons (Fsp3) is 0.125. The minimum atomic E-state index is -4.64. The van der Waals surface area contributed by atoms with Gasteiger partial charge in [0.05, 0.1) is 12.7 Å². The van der Waals surface area contributed by atoms with Crippen LogP contribution in [-0.4, -0.2) is 45.5 Å². The lowest BCUT2D eigenvalue weighted by molar-refractivity contribution is -0.138. The molecule has 0 radical (unpaired) electrons. The number of amides is 3. The first-order valence-electron chi connectivity index (χ1n) is 14.0. The van der Waals surface area contributed by atoms with Crippen LogP contribution in [0.2, 0.25) is 0 Å². The molecule has 0 aliphatic carbocycles. The zero-order valence-corrected chi connectivity index (χ0v) is 25.2. The second-order valence-corrected chi connectivity index (χ2v) is 10.2. The van der Waals surface area contributed by atoms with E-state index in [2.05, 4.69) is 35.3 Å². The number of carbonyl (C=O) groups is 2. The number of azide groups is 1. The highest BCUT2D eigenvalue weighted by Gasteiger charge is 2.37. The molecular formula is C32H22F5N9O3. The molecule has 3 amide bonds. The lowest BCUT2D eigenvalue weighted by Gasteiger charge is -2.20. The average Bonchev–Trinajstić information content (AvgIpc) is 3.51. The number of nitrogens with one attached hydrogen (secondary N) is 1. The van der Waals surface area contributed by atoms with Gasteiger partial charge in [-0.05, 0) is 82.3 Å². The number of nitrogens with zero attached hydrogens (tertiary/aromatic N) is 8. The smallest absolute Gasteiger partial charge is 0.420 e. The van der Waals surface area contributed by atoms with E-state index in [9.17, 15) is 31.5 Å². The van der Waals surface area contributed by atoms with E-state index in [1.807, 2.05) is 0 Å². The molecule has 1 aliphatic heterocycles. The number of hydrogen-bond donors (Lipinski definition) is 1. The maximum Gasteiger partial charge on any atom is 0.420 e. The zero-order valence-electron chi connectivity index (χ0n) is 25.2. The van der Waals surface area contributed by atoms with Gasteiger partial charge >= 0.3 is 12.2 Å². The van der Waals surface area contributed by atoms with Gasteiger partial charge < -0.3 is 10.1 Å². The second kappa shape index (κ2) is 14.5. The highest BCUT2D eigenvalue weighted by Crippen LogP contribution is 2.42. The maximum absolute atomic E-state index is 14.1. The van der Waals surface area contributed by atoms with Crippen molar-refractivity contribution in [1.82, 2.24) is 19.9 Å². The molecule has 0 fully saturated rings. The SMILES string of the molecule is COc1cc2c(cc1C(F)(F)F)N(C(=O)Nc1cc(F)cc(-c3cncnc3)c1)CC2.[N-]=[N+]=NC(=O)c1cc(F)cc(-c2cncnc2)c1. The predicted molar refractivity (Wildman–Crippen MR) is 166 cm³/mol. The van der Waals surface area contributed by atoms with Crippen molar-refractivity contribution in [2.75, 3.05) is 23.9 Å². The molecule has 248 valence electrons. The average molecular weight is 676 g/mol. The molecule has 12 nitrogen and oxygen atoms in total. The summed E-state index contributed by atoms with van der Waals surface area (Å²) in [6, 6.07) is 9.11. The molecule has 1 N–H and O–H groups in total. The Kier molecular flexibility index (Phi) is 10.0. The highest BCUT2D eigenvalue weighted by atomic mass is 19.4. The van der Waals surface area contributed by atoms with Gasteiger partial charge in [-0.1, -0.05) is 0 Å². The van der Waals surface area contributed by atoms with Gasteiger partial charge in [-0.3, -0.25) is 9.69 Å². The molecule has 49 heavy (non-hydrogen) atoms. The molecule has 0 spiro atoms. The first-order chi connectivity index (χ1) is 23.5. The third kappa shape index (κ3) is 8.09. The van der Waals surface area contributed by atoms with E-state index in [0.29, 0.717) is 34.2 Å². The van der Waals surface area contributed by atoms with Crippen molar-refractivity contribution in [3.8, 4) is 28.0 Å². The Morgan fingerprint density at radius 2 is 1.45 bits per heavy atom. The fourth-order valence-corrected chi connectivity index (χ4v) is 4.91. The van der Waals surface area contributed by atoms with E-state index >= 15 is 0 Å². The topological polar surface area (TPSA) is 159 Å². The summed E-state index contributed by atoms with van der Waals surface area (Å²) in [5.41, 5.74) is 10.0. The van der Waals surface area contributed by atoms with Crippen LogP contribution >= 0.6 is 0 Å². The number of methoxy groups -OCH3 is 1. The Balaban J connectivity index is 0.000000221. The number of aromatic nitrogens is 4. The van der Waals surface area contributed by atoms with E-state index in [1.54, 1.807) is 0 Å². The van der Waals surface area contributed by atoms with E-state index < -0.39 is 35.3 Å². The van der Waals surface area contributed by atoms with Crippen molar-refractivity contribution in [2.24, 2.45) is 5.11 Å². The summed E-state index contributed by atoms with van der Waals surface area (Å²) in [7, 11) is 1.16. The number of carbonyl (C=O) groups excluding carboxylic acids is 2. The van der Waals surface area contributed by atoms with Gasteiger partial charge in [0.2, 0.25) is 5.91 Å². The molecular weight excluding hydrogens is 653 g/mol. The molecule has 17 heteroatoms. The van der Waals surface area contributed by atoms with E-state index in [4.69, 9.17) is 10.3 Å². The molecule has 0 bridgehead atoms. The number of halogens is 5. The van der Waals surface area contributed by atoms with Crippen LogP contribution in [0.25, 0.3) is 32.7 Å². The third-order valence-electron chi connectivity index (χ3n) is 7.06. The first kappa shape index (κ1) is 33.9. The summed E-state index contributed by atoms with van der Waals surface area (Å²) in [5.74, 6) is -2.33. The number of benzene rings is 3. The molecule has 3 aromatic carbocycles. The van der Waals surface area contributed by atoms with Crippen molar-refractivity contribution >= 4 is 23.3 Å². The van der Waals surface area contributed by atoms with Crippen LogP contribution in [-0.2, 0) is 12.6 Å². The summed E-state index contributed by atoms with van der Waals surface area (Å²) >= 11 is 0. The standard InChI is InChI=1S/C21H16F4N4O2.C11H6FN5O/c1-31-19-6-12-2-3-29(18(12)8-17(19)21(23,24)25)20(30)28-16-5-13(4-15(22)7-16)14-9-26-11-27-10-14;12-10-2-7(9-4-14-6-15-5-9)1-8(3-10)11(18)16-17-13/h4-11H,2-3H2,1H3,(H,28,30);1-6H. The minimum absolute atomic E-state index is 0.0216. The number of fused-ring (bicyclic) bond motifs is 1. The first-order valence-corrected chi connectivity index (χ1v) is 14.0. The maximum atomic E-state index is 14.1. The Morgan fingerprint density at radius 3 is 2.02 bits per heavy atom. The molecule has 1 aliphatic rings. The van der Waals surface area contributed by atoms with Gasteiger partial charge in [0.1, 0.15) is 30.0 Å². The largest absolute Gasteiger partial charge is 0.496 e. The number of hydrogen-bond acceptors (Lipinski definition) is 7. The van der Waals surface area contributed by atoms with Crippen LogP contribution in [0.4, 0.5) is 38.1 Å². The van der Waals surface area contributed by atoms with Crippen LogP contribution in [0.15, 0.2) is 91.1 Å². The Labute approximate surface area is 273 Å². The lowest BCUT2D eigenvalue weighted by atomic mass is 10.1. The zero-order chi connectivity index (χ0) is 35.1. The second-order valence-electron chi connectivity index (χ2n) is 10.2. The lowest BCUT2D eigenvalue weighted by Crippen LogP contribution is -2.33. The van der Waals surface area contributed by atoms with Crippen molar-refractivity contribution in [2.45, 2.75) is 12.6 Å². The van der Waals surface area contributed by atoms with Gasteiger partial charge in [-0.2, -0.15) is 13.2 Å². The Morgan fingerprint density at radius 1 is 0.857 bits per heavy atom. The molecule has 6 rings (SSSR count). The van der Waals surface area contributed by atoms with E-state index in [-0.39, 0.29) is 29.2 Å². The summed E-state index contributed by atoms with van der Waals surface area (Å²) in [4.78, 5) is 43.1. The minimum Gasteiger partial charge on any atom is -0.496 e. The van der Waals surface area contributed by atoms with E-state index in [1.165, 1.54) is 72.7 Å². The number of anilines is 2. The van der Waals surface area contributed by atoms with Gasteiger partial charge in [0, 0.05) is 64.3 Å². The Hall–Kier alpha value is -6.48. The van der Waals surface area contributed by atoms with Crippen molar-refractivity contribution < 1.29 is 36.3 Å².